The van der Waals surface area contributed by atoms with Crippen molar-refractivity contribution in [1.29, 1.82) is 0 Å². The van der Waals surface area contributed by atoms with Gasteiger partial charge in [-0.25, -0.2) is 0 Å². The van der Waals surface area contributed by atoms with Crippen molar-refractivity contribution in [2.24, 2.45) is 0 Å². The highest BCUT2D eigenvalue weighted by Gasteiger charge is 2.18. The van der Waals surface area contributed by atoms with E-state index in [0.717, 1.165) is 31.2 Å². The SMILES string of the molecule is CN(Cc1ccccc1)C(=O)c1cncc(C(=O)NC2CCCCCC2)c1. The van der Waals surface area contributed by atoms with E-state index in [-0.39, 0.29) is 17.9 Å². The second kappa shape index (κ2) is 9.31. The molecule has 0 bridgehead atoms. The Hall–Kier alpha value is -2.69. The largest absolute Gasteiger partial charge is 0.349 e. The van der Waals surface area contributed by atoms with Gasteiger partial charge in [0.25, 0.3) is 11.8 Å². The highest BCUT2D eigenvalue weighted by molar-refractivity contribution is 5.99. The van der Waals surface area contributed by atoms with E-state index in [9.17, 15) is 9.59 Å². The quantitative estimate of drug-likeness (QED) is 0.820. The van der Waals surface area contributed by atoms with Gasteiger partial charge in [-0.1, -0.05) is 56.0 Å². The molecule has 0 radical (unpaired) electrons. The molecule has 0 saturated heterocycles. The minimum Gasteiger partial charge on any atom is -0.349 e. The standard InChI is InChI=1S/C22H27N3O2/c1-25(16-17-9-5-4-6-10-17)22(27)19-13-18(14-23-15-19)21(26)24-20-11-7-2-3-8-12-20/h4-6,9-10,13-15,20H,2-3,7-8,11-12,16H2,1H3,(H,24,26). The lowest BCUT2D eigenvalue weighted by atomic mass is 10.1. The molecular weight excluding hydrogens is 338 g/mol. The number of hydrogen-bond acceptors (Lipinski definition) is 3. The first-order chi connectivity index (χ1) is 13.1. The van der Waals surface area contributed by atoms with Crippen LogP contribution in [-0.2, 0) is 6.54 Å². The minimum absolute atomic E-state index is 0.143. The number of amides is 2. The van der Waals surface area contributed by atoms with Crippen LogP contribution in [0.1, 0.15) is 64.8 Å². The number of carbonyl (C=O) groups excluding carboxylic acids is 2. The van der Waals surface area contributed by atoms with Crippen LogP contribution in [0.25, 0.3) is 0 Å². The van der Waals surface area contributed by atoms with Crippen LogP contribution < -0.4 is 5.32 Å². The summed E-state index contributed by atoms with van der Waals surface area (Å²) in [6.07, 6.45) is 9.90. The van der Waals surface area contributed by atoms with Crippen LogP contribution in [0.2, 0.25) is 0 Å². The maximum atomic E-state index is 12.7. The third-order valence-electron chi connectivity index (χ3n) is 5.05. The van der Waals surface area contributed by atoms with E-state index in [4.69, 9.17) is 0 Å². The average Bonchev–Trinajstić information content (AvgIpc) is 2.97. The minimum atomic E-state index is -0.144. The molecule has 0 unspecified atom stereocenters. The van der Waals surface area contributed by atoms with Crippen LogP contribution in [0.15, 0.2) is 48.8 Å². The molecule has 2 aromatic rings. The van der Waals surface area contributed by atoms with E-state index < -0.39 is 0 Å². The zero-order valence-corrected chi connectivity index (χ0v) is 15.9. The lowest BCUT2D eigenvalue weighted by Crippen LogP contribution is -2.34. The number of hydrogen-bond donors (Lipinski definition) is 1. The summed E-state index contributed by atoms with van der Waals surface area (Å²) in [5, 5.41) is 3.11. The lowest BCUT2D eigenvalue weighted by molar-refractivity contribution is 0.0784. The summed E-state index contributed by atoms with van der Waals surface area (Å²) in [5.74, 6) is -0.287. The van der Waals surface area contributed by atoms with Crippen LogP contribution in [-0.4, -0.2) is 34.8 Å². The molecule has 0 aliphatic heterocycles. The average molecular weight is 365 g/mol. The zero-order chi connectivity index (χ0) is 19.1. The van der Waals surface area contributed by atoms with E-state index in [1.54, 1.807) is 18.0 Å². The van der Waals surface area contributed by atoms with Crippen LogP contribution in [0.5, 0.6) is 0 Å². The van der Waals surface area contributed by atoms with Crippen molar-refractivity contribution in [3.8, 4) is 0 Å². The Balaban J connectivity index is 1.65. The molecule has 1 N–H and O–H groups in total. The van der Waals surface area contributed by atoms with Gasteiger partial charge in [0, 0.05) is 32.0 Å². The van der Waals surface area contributed by atoms with Crippen molar-refractivity contribution < 1.29 is 9.59 Å². The molecule has 1 aliphatic carbocycles. The number of aromatic nitrogens is 1. The van der Waals surface area contributed by atoms with E-state index in [2.05, 4.69) is 10.3 Å². The second-order valence-corrected chi connectivity index (χ2v) is 7.27. The van der Waals surface area contributed by atoms with E-state index in [1.807, 2.05) is 30.3 Å². The molecular formula is C22H27N3O2. The summed E-state index contributed by atoms with van der Waals surface area (Å²) in [4.78, 5) is 31.1. The first-order valence-electron chi connectivity index (χ1n) is 9.69. The molecule has 142 valence electrons. The normalized spacial score (nSPS) is 15.0. The summed E-state index contributed by atoms with van der Waals surface area (Å²) in [6.45, 7) is 0.512. The van der Waals surface area contributed by atoms with Crippen molar-refractivity contribution in [1.82, 2.24) is 15.2 Å². The molecule has 1 fully saturated rings. The Morgan fingerprint density at radius 1 is 1.04 bits per heavy atom. The van der Waals surface area contributed by atoms with Gasteiger partial charge in [0.15, 0.2) is 0 Å². The van der Waals surface area contributed by atoms with Crippen LogP contribution in [0.4, 0.5) is 0 Å². The van der Waals surface area contributed by atoms with E-state index in [1.165, 1.54) is 25.2 Å². The smallest absolute Gasteiger partial charge is 0.255 e. The summed E-state index contributed by atoms with van der Waals surface area (Å²) in [5.41, 5.74) is 1.93. The number of carbonyl (C=O) groups is 2. The number of nitrogens with zero attached hydrogens (tertiary/aromatic N) is 2. The van der Waals surface area contributed by atoms with Crippen molar-refractivity contribution in [2.45, 2.75) is 51.1 Å². The third kappa shape index (κ3) is 5.39. The Bertz CT molecular complexity index is 768. The fourth-order valence-corrected chi connectivity index (χ4v) is 3.52. The van der Waals surface area contributed by atoms with Gasteiger partial charge in [-0.05, 0) is 24.5 Å². The van der Waals surface area contributed by atoms with Gasteiger partial charge in [-0.2, -0.15) is 0 Å². The molecule has 1 heterocycles. The number of rotatable bonds is 5. The molecule has 5 nitrogen and oxygen atoms in total. The molecule has 5 heteroatoms. The van der Waals surface area contributed by atoms with Crippen molar-refractivity contribution >= 4 is 11.8 Å². The van der Waals surface area contributed by atoms with Crippen LogP contribution >= 0.6 is 0 Å². The molecule has 27 heavy (non-hydrogen) atoms. The molecule has 3 rings (SSSR count). The molecule has 1 aliphatic rings. The van der Waals surface area contributed by atoms with Gasteiger partial charge in [-0.15, -0.1) is 0 Å². The topological polar surface area (TPSA) is 62.3 Å². The van der Waals surface area contributed by atoms with Crippen LogP contribution in [0, 0.1) is 0 Å². The highest BCUT2D eigenvalue weighted by atomic mass is 16.2. The number of benzene rings is 1. The van der Waals surface area contributed by atoms with Crippen molar-refractivity contribution in [3.63, 3.8) is 0 Å². The highest BCUT2D eigenvalue weighted by Crippen LogP contribution is 2.18. The first-order valence-corrected chi connectivity index (χ1v) is 9.69. The molecule has 0 atom stereocenters. The summed E-state index contributed by atoms with van der Waals surface area (Å²) >= 11 is 0. The summed E-state index contributed by atoms with van der Waals surface area (Å²) in [6, 6.07) is 11.7. The van der Waals surface area contributed by atoms with Crippen LogP contribution in [0.3, 0.4) is 0 Å². The summed E-state index contributed by atoms with van der Waals surface area (Å²) in [7, 11) is 1.76. The fourth-order valence-electron chi connectivity index (χ4n) is 3.52. The van der Waals surface area contributed by atoms with Gasteiger partial charge in [-0.3, -0.25) is 14.6 Å². The van der Waals surface area contributed by atoms with Gasteiger partial charge in [0.1, 0.15) is 0 Å². The molecule has 1 aromatic carbocycles. The molecule has 1 saturated carbocycles. The second-order valence-electron chi connectivity index (χ2n) is 7.27. The monoisotopic (exact) mass is 365 g/mol. The first kappa shape index (κ1) is 19.1. The van der Waals surface area contributed by atoms with Crippen molar-refractivity contribution in [3.05, 3.63) is 65.5 Å². The predicted molar refractivity (Wildman–Crippen MR) is 105 cm³/mol. The fraction of sp³-hybridized carbons (Fsp3) is 0.409. The van der Waals surface area contributed by atoms with Gasteiger partial charge in [0.05, 0.1) is 11.1 Å². The maximum Gasteiger partial charge on any atom is 0.255 e. The summed E-state index contributed by atoms with van der Waals surface area (Å²) < 4.78 is 0. The van der Waals surface area contributed by atoms with Gasteiger partial charge < -0.3 is 10.2 Å². The maximum absolute atomic E-state index is 12.7. The van der Waals surface area contributed by atoms with Gasteiger partial charge in [0.2, 0.25) is 0 Å². The van der Waals surface area contributed by atoms with E-state index in [0.29, 0.717) is 17.7 Å². The Morgan fingerprint density at radius 2 is 1.70 bits per heavy atom. The van der Waals surface area contributed by atoms with Gasteiger partial charge >= 0.3 is 0 Å². The predicted octanol–water partition coefficient (Wildman–Crippen LogP) is 3.81. The Labute approximate surface area is 160 Å². The molecule has 2 amide bonds. The molecule has 0 spiro atoms. The Kier molecular flexibility index (Phi) is 6.58. The zero-order valence-electron chi connectivity index (χ0n) is 15.9. The van der Waals surface area contributed by atoms with E-state index >= 15 is 0 Å². The van der Waals surface area contributed by atoms with Crippen molar-refractivity contribution in [2.75, 3.05) is 7.05 Å². The Morgan fingerprint density at radius 3 is 2.41 bits per heavy atom. The number of nitrogens with one attached hydrogen (secondary N) is 1. The lowest BCUT2D eigenvalue weighted by Gasteiger charge is -2.18. The molecule has 1 aromatic heterocycles. The third-order valence-corrected chi connectivity index (χ3v) is 5.05. The number of pyridine rings is 1.